The van der Waals surface area contributed by atoms with Crippen LogP contribution in [0.2, 0.25) is 5.02 Å². The number of carbonyl (C=O) groups is 1. The first-order chi connectivity index (χ1) is 24.5. The van der Waals surface area contributed by atoms with Gasteiger partial charge < -0.3 is 14.5 Å². The van der Waals surface area contributed by atoms with Gasteiger partial charge in [0.2, 0.25) is 0 Å². The summed E-state index contributed by atoms with van der Waals surface area (Å²) in [5, 5.41) is 10.1. The fraction of sp³-hybridized carbons (Fsp3) is 0.667. The molecule has 1 aliphatic heterocycles. The average molecular weight is 726 g/mol. The number of nitrogens with zero attached hydrogens (tertiary/aromatic N) is 5. The van der Waals surface area contributed by atoms with Crippen LogP contribution in [0.4, 0.5) is 10.2 Å². The molecule has 0 bridgehead atoms. The van der Waals surface area contributed by atoms with Crippen molar-refractivity contribution in [3.63, 3.8) is 0 Å². The molecule has 1 aliphatic carbocycles. The summed E-state index contributed by atoms with van der Waals surface area (Å²) >= 11 is 6.37. The Bertz CT molecular complexity index is 1400. The van der Waals surface area contributed by atoms with E-state index in [-0.39, 0.29) is 18.9 Å². The van der Waals surface area contributed by atoms with Gasteiger partial charge in [-0.15, -0.1) is 0 Å². The Labute approximate surface area is 314 Å². The molecule has 1 fully saturated rings. The quantitative estimate of drug-likeness (QED) is 0.170. The highest BCUT2D eigenvalue weighted by Crippen LogP contribution is 2.42. The Kier molecular flexibility index (Phi) is 20.2. The van der Waals surface area contributed by atoms with Crippen molar-refractivity contribution in [3.8, 4) is 12.1 Å². The van der Waals surface area contributed by atoms with Crippen molar-refractivity contribution in [2.45, 2.75) is 137 Å². The van der Waals surface area contributed by atoms with Gasteiger partial charge in [-0.2, -0.15) is 15.2 Å². The number of carbonyl (C=O) groups excluding carboxylic acids is 1. The molecule has 2 heterocycles. The van der Waals surface area contributed by atoms with E-state index in [0.29, 0.717) is 25.0 Å². The van der Waals surface area contributed by atoms with E-state index in [9.17, 15) is 14.4 Å². The number of nitriles is 1. The van der Waals surface area contributed by atoms with E-state index >= 15 is 0 Å². The molecule has 51 heavy (non-hydrogen) atoms. The Morgan fingerprint density at radius 2 is 1.84 bits per heavy atom. The molecule has 7 nitrogen and oxygen atoms in total. The predicted octanol–water partition coefficient (Wildman–Crippen LogP) is 10.9. The summed E-state index contributed by atoms with van der Waals surface area (Å²) in [5.41, 5.74) is 3.23. The molecule has 0 saturated carbocycles. The number of halogens is 2. The van der Waals surface area contributed by atoms with E-state index < -0.39 is 17.8 Å². The predicted molar refractivity (Wildman–Crippen MR) is 210 cm³/mol. The first kappa shape index (κ1) is 44.0. The third-order valence-corrected chi connectivity index (χ3v) is 10.6. The molecule has 0 N–H and O–H groups in total. The van der Waals surface area contributed by atoms with E-state index in [1.807, 2.05) is 32.0 Å². The standard InChI is InChI=1S/C27H31ClFN5O2.C13H28.C2H6/c1-17-19(8-9-20-6-4-5-7-23(20)28)10-11-22-24(17)31-27(36-3)32-25(22)33-14-15-34(26(35)18(2)29)21(16-33)12-13-30;1-5-7-9-13(8-6-2)11-10-12(3)4;1-2/h4-7,17,19,21H,2,8-12,14-16H2,1,3H3;12-13H,5-11H2,1-4H3;1-2H3/t17-,19?,21?;;/m1../s1. The van der Waals surface area contributed by atoms with Crippen LogP contribution in [0, 0.1) is 29.1 Å². The number of ether oxygens (including phenoxy) is 1. The van der Waals surface area contributed by atoms with Gasteiger partial charge >= 0.3 is 6.01 Å². The first-order valence-corrected chi connectivity index (χ1v) is 19.9. The maximum absolute atomic E-state index is 13.6. The number of anilines is 1. The molecule has 3 unspecified atom stereocenters. The molecular weight excluding hydrogens is 661 g/mol. The molecule has 9 heteroatoms. The third-order valence-electron chi connectivity index (χ3n) is 10.2. The maximum Gasteiger partial charge on any atom is 0.318 e. The lowest BCUT2D eigenvalue weighted by atomic mass is 9.76. The minimum Gasteiger partial charge on any atom is -0.467 e. The molecule has 0 radical (unpaired) electrons. The van der Waals surface area contributed by atoms with Gasteiger partial charge in [0.05, 0.1) is 31.3 Å². The van der Waals surface area contributed by atoms with Gasteiger partial charge in [-0.3, -0.25) is 4.79 Å². The normalized spacial score (nSPS) is 18.7. The van der Waals surface area contributed by atoms with Gasteiger partial charge in [0.25, 0.3) is 5.91 Å². The number of fused-ring (bicyclic) bond motifs is 1. The van der Waals surface area contributed by atoms with Crippen LogP contribution in [-0.2, 0) is 17.6 Å². The lowest BCUT2D eigenvalue weighted by molar-refractivity contribution is -0.131. The molecule has 1 saturated heterocycles. The molecule has 4 rings (SSSR count). The fourth-order valence-corrected chi connectivity index (χ4v) is 7.56. The molecule has 1 aromatic carbocycles. The van der Waals surface area contributed by atoms with E-state index in [4.69, 9.17) is 21.3 Å². The highest BCUT2D eigenvalue weighted by atomic mass is 35.5. The SMILES string of the molecule is C=C(F)C(=O)N1CCN(c2nc(OC)nc3c2CCC(CCc2ccccc2Cl)[C@H]3C)CC1CC#N.CC.CCCCC(CCC)CCC(C)C. The maximum atomic E-state index is 13.6. The van der Waals surface area contributed by atoms with Crippen molar-refractivity contribution in [1.29, 1.82) is 5.26 Å². The molecular formula is C42H65ClFN5O2. The summed E-state index contributed by atoms with van der Waals surface area (Å²) in [6.07, 6.45) is 13.8. The van der Waals surface area contributed by atoms with Gasteiger partial charge in [-0.25, -0.2) is 4.39 Å². The second-order valence-electron chi connectivity index (χ2n) is 14.2. The Hall–Kier alpha value is -3.18. The van der Waals surface area contributed by atoms with Gasteiger partial charge in [0, 0.05) is 36.1 Å². The van der Waals surface area contributed by atoms with Crippen molar-refractivity contribution in [1.82, 2.24) is 14.9 Å². The summed E-state index contributed by atoms with van der Waals surface area (Å²) < 4.78 is 19.0. The average Bonchev–Trinajstić information content (AvgIpc) is 3.13. The summed E-state index contributed by atoms with van der Waals surface area (Å²) in [7, 11) is 1.55. The smallest absolute Gasteiger partial charge is 0.318 e. The van der Waals surface area contributed by atoms with Crippen LogP contribution in [0.25, 0.3) is 0 Å². The van der Waals surface area contributed by atoms with Gasteiger partial charge in [-0.1, -0.05) is 130 Å². The van der Waals surface area contributed by atoms with E-state index in [1.165, 1.54) is 49.8 Å². The largest absolute Gasteiger partial charge is 0.467 e. The fourth-order valence-electron chi connectivity index (χ4n) is 7.33. The summed E-state index contributed by atoms with van der Waals surface area (Å²) in [6, 6.07) is 9.93. The number of aryl methyl sites for hydroxylation is 1. The third kappa shape index (κ3) is 13.4. The van der Waals surface area contributed by atoms with E-state index in [0.717, 1.165) is 65.2 Å². The number of hydrogen-bond donors (Lipinski definition) is 0. The number of methoxy groups -OCH3 is 1. The van der Waals surface area contributed by atoms with E-state index in [2.05, 4.69) is 63.2 Å². The Balaban J connectivity index is 0.000000509. The number of hydrogen-bond acceptors (Lipinski definition) is 6. The molecule has 1 amide bonds. The Morgan fingerprint density at radius 1 is 1.12 bits per heavy atom. The molecule has 284 valence electrons. The monoisotopic (exact) mass is 725 g/mol. The molecule has 4 atom stereocenters. The molecule has 0 spiro atoms. The Morgan fingerprint density at radius 3 is 2.45 bits per heavy atom. The molecule has 1 aromatic heterocycles. The number of piperazine rings is 1. The molecule has 2 aliphatic rings. The minimum atomic E-state index is -1.01. The van der Waals surface area contributed by atoms with Crippen molar-refractivity contribution >= 4 is 23.3 Å². The van der Waals surface area contributed by atoms with Gasteiger partial charge in [0.1, 0.15) is 5.82 Å². The number of aromatic nitrogens is 2. The lowest BCUT2D eigenvalue weighted by Gasteiger charge is -2.42. The van der Waals surface area contributed by atoms with E-state index in [1.54, 1.807) is 7.11 Å². The highest BCUT2D eigenvalue weighted by molar-refractivity contribution is 6.31. The summed E-state index contributed by atoms with van der Waals surface area (Å²) in [4.78, 5) is 25.2. The number of benzene rings is 1. The van der Waals surface area contributed by atoms with Gasteiger partial charge in [-0.05, 0) is 55.1 Å². The minimum absolute atomic E-state index is 0.0977. The number of amides is 1. The van der Waals surface area contributed by atoms with Crippen LogP contribution in [0.1, 0.15) is 135 Å². The molecule has 2 aromatic rings. The summed E-state index contributed by atoms with van der Waals surface area (Å²) in [5.74, 6) is 1.57. The zero-order valence-corrected chi connectivity index (χ0v) is 33.6. The zero-order chi connectivity index (χ0) is 37.9. The van der Waals surface area contributed by atoms with Crippen LogP contribution in [-0.4, -0.2) is 53.6 Å². The van der Waals surface area contributed by atoms with Crippen LogP contribution >= 0.6 is 11.6 Å². The van der Waals surface area contributed by atoms with Crippen LogP contribution in [0.5, 0.6) is 6.01 Å². The van der Waals surface area contributed by atoms with Gasteiger partial charge in [0.15, 0.2) is 5.83 Å². The topological polar surface area (TPSA) is 82.3 Å². The second-order valence-corrected chi connectivity index (χ2v) is 14.7. The van der Waals surface area contributed by atoms with Crippen LogP contribution in [0.15, 0.2) is 36.7 Å². The van der Waals surface area contributed by atoms with Crippen molar-refractivity contribution in [2.24, 2.45) is 17.8 Å². The first-order valence-electron chi connectivity index (χ1n) is 19.5. The van der Waals surface area contributed by atoms with Crippen LogP contribution in [0.3, 0.4) is 0 Å². The summed E-state index contributed by atoms with van der Waals surface area (Å²) in [6.45, 7) is 19.8. The second kappa shape index (κ2) is 23.4. The van der Waals surface area contributed by atoms with Crippen molar-refractivity contribution in [2.75, 3.05) is 31.6 Å². The lowest BCUT2D eigenvalue weighted by Crippen LogP contribution is -2.55. The zero-order valence-electron chi connectivity index (χ0n) is 32.8. The number of rotatable bonds is 15. The highest BCUT2D eigenvalue weighted by Gasteiger charge is 2.36. The van der Waals surface area contributed by atoms with Crippen LogP contribution < -0.4 is 9.64 Å². The van der Waals surface area contributed by atoms with Crippen molar-refractivity contribution < 1.29 is 13.9 Å². The van der Waals surface area contributed by atoms with Crippen molar-refractivity contribution in [3.05, 3.63) is 58.5 Å². The number of unbranched alkanes of at least 4 members (excludes halogenated alkanes) is 1.